The summed E-state index contributed by atoms with van der Waals surface area (Å²) in [6.45, 7) is 0.384. The minimum Gasteiger partial charge on any atom is -0.392 e. The van der Waals surface area contributed by atoms with Gasteiger partial charge in [-0.2, -0.15) is 0 Å². The van der Waals surface area contributed by atoms with Crippen LogP contribution in [0, 0.1) is 0 Å². The number of aliphatic hydroxyl groups is 1. The van der Waals surface area contributed by atoms with E-state index >= 15 is 0 Å². The van der Waals surface area contributed by atoms with E-state index in [2.05, 4.69) is 5.32 Å². The predicted molar refractivity (Wildman–Crippen MR) is 84.3 cm³/mol. The topological polar surface area (TPSA) is 52.6 Å². The Morgan fingerprint density at radius 1 is 1.05 bits per heavy atom. The number of benzene rings is 2. The lowest BCUT2D eigenvalue weighted by Crippen LogP contribution is -2.23. The highest BCUT2D eigenvalue weighted by Crippen LogP contribution is 2.13. The summed E-state index contributed by atoms with van der Waals surface area (Å²) in [5, 5.41) is 12.1. The monoisotopic (exact) mass is 284 g/mol. The summed E-state index contributed by atoms with van der Waals surface area (Å²) in [4.78, 5) is 14.1. The number of carbonyl (C=O) groups excluding carboxylic acids is 1. The Morgan fingerprint density at radius 3 is 2.24 bits per heavy atom. The van der Waals surface area contributed by atoms with Crippen LogP contribution in [0.25, 0.3) is 0 Å². The highest BCUT2D eigenvalue weighted by atomic mass is 16.3. The van der Waals surface area contributed by atoms with Crippen molar-refractivity contribution in [2.24, 2.45) is 0 Å². The molecule has 0 spiro atoms. The lowest BCUT2D eigenvalue weighted by Gasteiger charge is -2.13. The first-order valence-electron chi connectivity index (χ1n) is 6.85. The summed E-state index contributed by atoms with van der Waals surface area (Å²) in [5.41, 5.74) is 3.44. The number of rotatable bonds is 5. The van der Waals surface area contributed by atoms with Crippen LogP contribution in [0.2, 0.25) is 0 Å². The summed E-state index contributed by atoms with van der Waals surface area (Å²) in [6.07, 6.45) is 0. The quantitative estimate of drug-likeness (QED) is 0.885. The zero-order valence-electron chi connectivity index (χ0n) is 12.3. The first kappa shape index (κ1) is 15.1. The van der Waals surface area contributed by atoms with Crippen LogP contribution in [0.5, 0.6) is 0 Å². The van der Waals surface area contributed by atoms with E-state index in [9.17, 15) is 9.90 Å². The second kappa shape index (κ2) is 6.90. The molecule has 1 amide bonds. The fourth-order valence-electron chi connectivity index (χ4n) is 2.07. The molecule has 2 rings (SSSR count). The number of hydrogen-bond donors (Lipinski definition) is 2. The Morgan fingerprint density at radius 2 is 1.67 bits per heavy atom. The SMILES string of the molecule is CN(C)c1ccc(C(=O)NCc2ccccc2CO)cc1. The number of hydrogen-bond acceptors (Lipinski definition) is 3. The zero-order chi connectivity index (χ0) is 15.2. The van der Waals surface area contributed by atoms with E-state index in [1.165, 1.54) is 0 Å². The average molecular weight is 284 g/mol. The summed E-state index contributed by atoms with van der Waals surface area (Å²) in [7, 11) is 3.92. The Balaban J connectivity index is 2.01. The first-order valence-corrected chi connectivity index (χ1v) is 6.85. The van der Waals surface area contributed by atoms with Gasteiger partial charge in [-0.3, -0.25) is 4.79 Å². The molecule has 110 valence electrons. The van der Waals surface area contributed by atoms with Gasteiger partial charge in [0, 0.05) is 31.9 Å². The van der Waals surface area contributed by atoms with Crippen molar-refractivity contribution in [2.75, 3.05) is 19.0 Å². The van der Waals surface area contributed by atoms with Gasteiger partial charge >= 0.3 is 0 Å². The summed E-state index contributed by atoms with van der Waals surface area (Å²) in [5.74, 6) is -0.118. The lowest BCUT2D eigenvalue weighted by molar-refractivity contribution is 0.0950. The van der Waals surface area contributed by atoms with Crippen LogP contribution in [-0.4, -0.2) is 25.1 Å². The third-order valence-electron chi connectivity index (χ3n) is 3.37. The van der Waals surface area contributed by atoms with Crippen LogP contribution in [0.15, 0.2) is 48.5 Å². The molecule has 0 bridgehead atoms. The predicted octanol–water partition coefficient (Wildman–Crippen LogP) is 2.17. The Hall–Kier alpha value is -2.33. The van der Waals surface area contributed by atoms with E-state index in [1.807, 2.05) is 67.5 Å². The lowest BCUT2D eigenvalue weighted by atomic mass is 10.1. The molecule has 0 aliphatic heterocycles. The fourth-order valence-corrected chi connectivity index (χ4v) is 2.07. The molecule has 0 saturated carbocycles. The maximum atomic E-state index is 12.1. The maximum absolute atomic E-state index is 12.1. The van der Waals surface area contributed by atoms with E-state index < -0.39 is 0 Å². The number of anilines is 1. The van der Waals surface area contributed by atoms with Crippen molar-refractivity contribution in [3.05, 3.63) is 65.2 Å². The van der Waals surface area contributed by atoms with E-state index in [1.54, 1.807) is 0 Å². The van der Waals surface area contributed by atoms with Gasteiger partial charge in [0.1, 0.15) is 0 Å². The minimum atomic E-state index is -0.118. The Labute approximate surface area is 125 Å². The van der Waals surface area contributed by atoms with Crippen LogP contribution in [0.1, 0.15) is 21.5 Å². The van der Waals surface area contributed by atoms with Gasteiger partial charge in [0.2, 0.25) is 0 Å². The van der Waals surface area contributed by atoms with Crippen molar-refractivity contribution in [1.82, 2.24) is 5.32 Å². The van der Waals surface area contributed by atoms with E-state index in [4.69, 9.17) is 0 Å². The van der Waals surface area contributed by atoms with Crippen molar-refractivity contribution in [3.8, 4) is 0 Å². The standard InChI is InChI=1S/C17H20N2O2/c1-19(2)16-9-7-13(8-10-16)17(21)18-11-14-5-3-4-6-15(14)12-20/h3-10,20H,11-12H2,1-2H3,(H,18,21). The van der Waals surface area contributed by atoms with Crippen LogP contribution < -0.4 is 10.2 Å². The Kier molecular flexibility index (Phi) is 4.95. The molecule has 2 aromatic rings. The van der Waals surface area contributed by atoms with E-state index in [0.717, 1.165) is 16.8 Å². The smallest absolute Gasteiger partial charge is 0.251 e. The molecule has 0 aliphatic rings. The molecule has 2 aromatic carbocycles. The molecule has 0 heterocycles. The van der Waals surface area contributed by atoms with Crippen LogP contribution in [-0.2, 0) is 13.2 Å². The third-order valence-corrected chi connectivity index (χ3v) is 3.37. The second-order valence-electron chi connectivity index (χ2n) is 5.05. The highest BCUT2D eigenvalue weighted by molar-refractivity contribution is 5.94. The molecule has 4 heteroatoms. The van der Waals surface area contributed by atoms with Gasteiger partial charge < -0.3 is 15.3 Å². The van der Waals surface area contributed by atoms with Crippen LogP contribution >= 0.6 is 0 Å². The number of nitrogens with zero attached hydrogens (tertiary/aromatic N) is 1. The van der Waals surface area contributed by atoms with Crippen LogP contribution in [0.3, 0.4) is 0 Å². The van der Waals surface area contributed by atoms with Crippen molar-refractivity contribution < 1.29 is 9.90 Å². The summed E-state index contributed by atoms with van der Waals surface area (Å²) < 4.78 is 0. The third kappa shape index (κ3) is 3.83. The fraction of sp³-hybridized carbons (Fsp3) is 0.235. The molecule has 4 nitrogen and oxygen atoms in total. The van der Waals surface area contributed by atoms with Gasteiger partial charge in [-0.1, -0.05) is 24.3 Å². The first-order chi connectivity index (χ1) is 10.1. The molecule has 0 aliphatic carbocycles. The molecule has 0 aromatic heterocycles. The van der Waals surface area contributed by atoms with Gasteiger partial charge in [-0.15, -0.1) is 0 Å². The van der Waals surface area contributed by atoms with Crippen molar-refractivity contribution in [1.29, 1.82) is 0 Å². The minimum absolute atomic E-state index is 0.0242. The molecule has 0 fully saturated rings. The Bertz CT molecular complexity index is 606. The van der Waals surface area contributed by atoms with Gasteiger partial charge in [-0.25, -0.2) is 0 Å². The molecule has 21 heavy (non-hydrogen) atoms. The van der Waals surface area contributed by atoms with Gasteiger partial charge in [-0.05, 0) is 35.4 Å². The molecule has 0 unspecified atom stereocenters. The molecule has 0 saturated heterocycles. The molecule has 2 N–H and O–H groups in total. The average Bonchev–Trinajstić information content (AvgIpc) is 2.52. The van der Waals surface area contributed by atoms with Gasteiger partial charge in [0.15, 0.2) is 0 Å². The zero-order valence-corrected chi connectivity index (χ0v) is 12.3. The van der Waals surface area contributed by atoms with Gasteiger partial charge in [0.05, 0.1) is 6.61 Å². The highest BCUT2D eigenvalue weighted by Gasteiger charge is 2.07. The number of carbonyl (C=O) groups is 1. The van der Waals surface area contributed by atoms with E-state index in [0.29, 0.717) is 12.1 Å². The normalized spacial score (nSPS) is 10.2. The van der Waals surface area contributed by atoms with Crippen LogP contribution in [0.4, 0.5) is 5.69 Å². The molecular weight excluding hydrogens is 264 g/mol. The molecule has 0 atom stereocenters. The summed E-state index contributed by atoms with van der Waals surface area (Å²) >= 11 is 0. The largest absolute Gasteiger partial charge is 0.392 e. The number of aliphatic hydroxyl groups excluding tert-OH is 1. The number of nitrogens with one attached hydrogen (secondary N) is 1. The number of amides is 1. The maximum Gasteiger partial charge on any atom is 0.251 e. The van der Waals surface area contributed by atoms with Crippen molar-refractivity contribution >= 4 is 11.6 Å². The van der Waals surface area contributed by atoms with Crippen molar-refractivity contribution in [2.45, 2.75) is 13.2 Å². The van der Waals surface area contributed by atoms with E-state index in [-0.39, 0.29) is 12.5 Å². The van der Waals surface area contributed by atoms with Gasteiger partial charge in [0.25, 0.3) is 5.91 Å². The molecular formula is C17H20N2O2. The second-order valence-corrected chi connectivity index (χ2v) is 5.05. The molecule has 0 radical (unpaired) electrons. The summed E-state index contributed by atoms with van der Waals surface area (Å²) in [6, 6.07) is 15.0. The van der Waals surface area contributed by atoms with Crippen molar-refractivity contribution in [3.63, 3.8) is 0 Å².